The zero-order chi connectivity index (χ0) is 8.69. The van der Waals surface area contributed by atoms with E-state index in [1.807, 2.05) is 11.8 Å². The molecule has 0 aromatic heterocycles. The van der Waals surface area contributed by atoms with Gasteiger partial charge in [-0.15, -0.1) is 0 Å². The van der Waals surface area contributed by atoms with Crippen molar-refractivity contribution in [2.24, 2.45) is 5.73 Å². The molecule has 0 saturated heterocycles. The molecule has 2 nitrogen and oxygen atoms in total. The van der Waals surface area contributed by atoms with Crippen molar-refractivity contribution in [1.82, 2.24) is 0 Å². The van der Waals surface area contributed by atoms with Gasteiger partial charge < -0.3 is 10.8 Å². The van der Waals surface area contributed by atoms with E-state index in [1.54, 1.807) is 0 Å². The van der Waals surface area contributed by atoms with Crippen molar-refractivity contribution >= 4 is 11.8 Å². The van der Waals surface area contributed by atoms with Gasteiger partial charge in [-0.2, -0.15) is 11.8 Å². The van der Waals surface area contributed by atoms with Gasteiger partial charge in [-0.3, -0.25) is 0 Å². The highest BCUT2D eigenvalue weighted by molar-refractivity contribution is 7.99. The normalized spacial score (nSPS) is 16.4. The number of hydrogen-bond acceptors (Lipinski definition) is 3. The Morgan fingerprint density at radius 1 is 1.55 bits per heavy atom. The van der Waals surface area contributed by atoms with E-state index < -0.39 is 0 Å². The first-order valence-electron chi connectivity index (χ1n) is 4.20. The summed E-state index contributed by atoms with van der Waals surface area (Å²) in [6, 6.07) is 0. The minimum atomic E-state index is -0.299. The highest BCUT2D eigenvalue weighted by atomic mass is 32.2. The molecule has 0 rings (SSSR count). The van der Waals surface area contributed by atoms with Crippen LogP contribution in [0.2, 0.25) is 0 Å². The van der Waals surface area contributed by atoms with Crippen molar-refractivity contribution in [3.8, 4) is 0 Å². The zero-order valence-electron chi connectivity index (χ0n) is 7.42. The summed E-state index contributed by atoms with van der Waals surface area (Å²) in [6.07, 6.45) is 1.72. The Kier molecular flexibility index (Phi) is 7.12. The lowest BCUT2D eigenvalue weighted by atomic mass is 10.3. The Hall–Kier alpha value is 0.270. The molecule has 68 valence electrons. The fourth-order valence-corrected chi connectivity index (χ4v) is 1.69. The fourth-order valence-electron chi connectivity index (χ4n) is 0.641. The van der Waals surface area contributed by atoms with Gasteiger partial charge in [0.2, 0.25) is 0 Å². The first-order chi connectivity index (χ1) is 5.20. The predicted molar refractivity (Wildman–Crippen MR) is 51.9 cm³/mol. The summed E-state index contributed by atoms with van der Waals surface area (Å²) in [5.74, 6) is 1.02. The van der Waals surface area contributed by atoms with Gasteiger partial charge >= 0.3 is 0 Å². The average Bonchev–Trinajstić information content (AvgIpc) is 2.04. The minimum Gasteiger partial charge on any atom is -0.392 e. The average molecular weight is 177 g/mol. The van der Waals surface area contributed by atoms with Crippen molar-refractivity contribution in [3.63, 3.8) is 0 Å². The van der Waals surface area contributed by atoms with Crippen molar-refractivity contribution in [3.05, 3.63) is 0 Å². The smallest absolute Gasteiger partial charge is 0.0670 e. The molecule has 0 aliphatic heterocycles. The third kappa shape index (κ3) is 6.66. The van der Waals surface area contributed by atoms with Gasteiger partial charge in [-0.1, -0.05) is 13.8 Å². The first kappa shape index (κ1) is 11.3. The molecule has 2 atom stereocenters. The topological polar surface area (TPSA) is 46.2 Å². The Morgan fingerprint density at radius 3 is 2.64 bits per heavy atom. The lowest BCUT2D eigenvalue weighted by Crippen LogP contribution is -2.20. The van der Waals surface area contributed by atoms with Gasteiger partial charge in [0.1, 0.15) is 0 Å². The molecule has 0 aromatic carbocycles. The zero-order valence-corrected chi connectivity index (χ0v) is 8.23. The van der Waals surface area contributed by atoms with E-state index in [1.165, 1.54) is 6.42 Å². The van der Waals surface area contributed by atoms with Crippen LogP contribution in [0.25, 0.3) is 0 Å². The maximum Gasteiger partial charge on any atom is 0.0670 e. The minimum absolute atomic E-state index is 0.299. The number of hydrogen-bond donors (Lipinski definition) is 2. The molecule has 0 aliphatic carbocycles. The van der Waals surface area contributed by atoms with Crippen LogP contribution in [0.1, 0.15) is 26.7 Å². The van der Waals surface area contributed by atoms with Gasteiger partial charge in [0.15, 0.2) is 0 Å². The number of aliphatic hydroxyl groups is 1. The molecular weight excluding hydrogens is 158 g/mol. The number of thioether (sulfide) groups is 1. The van der Waals surface area contributed by atoms with Crippen LogP contribution in [0.3, 0.4) is 0 Å². The molecule has 3 heteroatoms. The monoisotopic (exact) mass is 177 g/mol. The predicted octanol–water partition coefficient (Wildman–Crippen LogP) is 1.23. The summed E-state index contributed by atoms with van der Waals surface area (Å²) in [5, 5.41) is 9.81. The first-order valence-corrected chi connectivity index (χ1v) is 5.25. The molecule has 0 aromatic rings. The van der Waals surface area contributed by atoms with Crippen molar-refractivity contribution in [1.29, 1.82) is 0 Å². The lowest BCUT2D eigenvalue weighted by molar-refractivity contribution is 0.180. The van der Waals surface area contributed by atoms with Crippen molar-refractivity contribution in [2.45, 2.75) is 38.0 Å². The van der Waals surface area contributed by atoms with Gasteiger partial charge in [0.25, 0.3) is 0 Å². The molecule has 0 radical (unpaired) electrons. The van der Waals surface area contributed by atoms with E-state index in [2.05, 4.69) is 13.8 Å². The maximum absolute atomic E-state index is 9.11. The molecule has 0 aliphatic rings. The highest BCUT2D eigenvalue weighted by Gasteiger charge is 2.02. The molecular formula is C8H19NOS. The third-order valence-corrected chi connectivity index (χ3v) is 3.07. The fraction of sp³-hybridized carbons (Fsp3) is 1.00. The van der Waals surface area contributed by atoms with E-state index in [-0.39, 0.29) is 6.10 Å². The molecule has 0 spiro atoms. The summed E-state index contributed by atoms with van der Waals surface area (Å²) < 4.78 is 0. The number of rotatable bonds is 6. The molecule has 11 heavy (non-hydrogen) atoms. The van der Waals surface area contributed by atoms with Crippen LogP contribution in [0, 0.1) is 0 Å². The summed E-state index contributed by atoms with van der Waals surface area (Å²) in [6.45, 7) is 4.78. The second kappa shape index (κ2) is 6.95. The maximum atomic E-state index is 9.11. The Labute approximate surface area is 73.6 Å². The van der Waals surface area contributed by atoms with Gasteiger partial charge in [-0.05, 0) is 18.6 Å². The third-order valence-electron chi connectivity index (χ3n) is 1.70. The second-order valence-electron chi connectivity index (χ2n) is 2.77. The van der Waals surface area contributed by atoms with Crippen molar-refractivity contribution < 1.29 is 5.11 Å². The van der Waals surface area contributed by atoms with Gasteiger partial charge in [-0.25, -0.2) is 0 Å². The summed E-state index contributed by atoms with van der Waals surface area (Å²) in [7, 11) is 0. The van der Waals surface area contributed by atoms with E-state index >= 15 is 0 Å². The van der Waals surface area contributed by atoms with Crippen LogP contribution >= 0.6 is 11.8 Å². The van der Waals surface area contributed by atoms with Crippen LogP contribution in [0.4, 0.5) is 0 Å². The molecule has 0 bridgehead atoms. The van der Waals surface area contributed by atoms with E-state index in [0.717, 1.165) is 12.2 Å². The number of nitrogens with two attached hydrogens (primary N) is 1. The SMILES string of the molecule is CCC(C)SCCC(O)CN. The van der Waals surface area contributed by atoms with Crippen LogP contribution < -0.4 is 5.73 Å². The lowest BCUT2D eigenvalue weighted by Gasteiger charge is -2.10. The van der Waals surface area contributed by atoms with E-state index in [4.69, 9.17) is 10.8 Å². The number of aliphatic hydroxyl groups excluding tert-OH is 1. The van der Waals surface area contributed by atoms with Crippen LogP contribution in [0.5, 0.6) is 0 Å². The molecule has 0 fully saturated rings. The molecule has 0 amide bonds. The largest absolute Gasteiger partial charge is 0.392 e. The van der Waals surface area contributed by atoms with Crippen LogP contribution in [0.15, 0.2) is 0 Å². The summed E-state index contributed by atoms with van der Waals surface area (Å²) in [4.78, 5) is 0. The van der Waals surface area contributed by atoms with Crippen LogP contribution in [-0.4, -0.2) is 28.8 Å². The standard InChI is InChI=1S/C8H19NOS/c1-3-7(2)11-5-4-8(10)6-9/h7-8,10H,3-6,9H2,1-2H3. The summed E-state index contributed by atoms with van der Waals surface area (Å²) in [5.41, 5.74) is 5.26. The Morgan fingerprint density at radius 2 is 2.18 bits per heavy atom. The molecule has 3 N–H and O–H groups in total. The van der Waals surface area contributed by atoms with Gasteiger partial charge in [0, 0.05) is 11.8 Å². The quantitative estimate of drug-likeness (QED) is 0.641. The van der Waals surface area contributed by atoms with Crippen molar-refractivity contribution in [2.75, 3.05) is 12.3 Å². The second-order valence-corrected chi connectivity index (χ2v) is 4.31. The summed E-state index contributed by atoms with van der Waals surface area (Å²) >= 11 is 1.90. The van der Waals surface area contributed by atoms with E-state index in [9.17, 15) is 0 Å². The van der Waals surface area contributed by atoms with E-state index in [0.29, 0.717) is 11.8 Å². The van der Waals surface area contributed by atoms with Gasteiger partial charge in [0.05, 0.1) is 6.10 Å². The molecule has 0 saturated carbocycles. The highest BCUT2D eigenvalue weighted by Crippen LogP contribution is 2.14. The molecule has 0 heterocycles. The van der Waals surface area contributed by atoms with Crippen LogP contribution in [-0.2, 0) is 0 Å². The Balaban J connectivity index is 3.13. The Bertz CT molecular complexity index is 80.2. The molecule has 2 unspecified atom stereocenters.